The van der Waals surface area contributed by atoms with Crippen LogP contribution in [0.3, 0.4) is 0 Å². The summed E-state index contributed by atoms with van der Waals surface area (Å²) in [6.45, 7) is 4.03. The molecule has 2 aromatic carbocycles. The lowest BCUT2D eigenvalue weighted by atomic mass is 10.2. The van der Waals surface area contributed by atoms with E-state index in [1.54, 1.807) is 0 Å². The van der Waals surface area contributed by atoms with Crippen molar-refractivity contribution in [1.82, 2.24) is 4.90 Å². The third-order valence-corrected chi connectivity index (χ3v) is 3.83. The minimum absolute atomic E-state index is 0.701. The van der Waals surface area contributed by atoms with E-state index in [-0.39, 0.29) is 0 Å². The van der Waals surface area contributed by atoms with Gasteiger partial charge in [-0.15, -0.1) is 0 Å². The molecule has 1 aliphatic rings. The Labute approximate surface area is 137 Å². The number of benzene rings is 2. The summed E-state index contributed by atoms with van der Waals surface area (Å²) < 4.78 is 5.45. The van der Waals surface area contributed by atoms with Crippen LogP contribution in [0.1, 0.15) is 11.1 Å². The molecule has 0 radical (unpaired) electrons. The normalized spacial score (nSPS) is 16.0. The van der Waals surface area contributed by atoms with Crippen molar-refractivity contribution >= 4 is 11.9 Å². The Morgan fingerprint density at radius 1 is 0.957 bits per heavy atom. The molecule has 118 valence electrons. The predicted molar refractivity (Wildman–Crippen MR) is 95.4 cm³/mol. The average molecular weight is 306 g/mol. The molecule has 2 aromatic rings. The van der Waals surface area contributed by atoms with Gasteiger partial charge in [0.1, 0.15) is 5.84 Å². The molecule has 0 atom stereocenters. The van der Waals surface area contributed by atoms with E-state index < -0.39 is 0 Å². The SMILES string of the molecule is C(=C\c1ccccc1)/C(=NCc1ccccc1)N1CCOCC1. The molecule has 0 saturated carbocycles. The zero-order chi connectivity index (χ0) is 15.7. The second-order valence-electron chi connectivity index (χ2n) is 5.50. The van der Waals surface area contributed by atoms with Crippen LogP contribution in [0.2, 0.25) is 0 Å². The van der Waals surface area contributed by atoms with Gasteiger partial charge in [-0.25, -0.2) is 0 Å². The van der Waals surface area contributed by atoms with Gasteiger partial charge in [0.25, 0.3) is 0 Å². The standard InChI is InChI=1S/C20H22N2O/c1-3-7-18(8-4-1)11-12-20(22-13-15-23-16-14-22)21-17-19-9-5-2-6-10-19/h1-12H,13-17H2/b12-11+,21-20?. The van der Waals surface area contributed by atoms with Crippen LogP contribution >= 0.6 is 0 Å². The van der Waals surface area contributed by atoms with Crippen molar-refractivity contribution in [3.63, 3.8) is 0 Å². The predicted octanol–water partition coefficient (Wildman–Crippen LogP) is 3.63. The fourth-order valence-corrected chi connectivity index (χ4v) is 2.54. The van der Waals surface area contributed by atoms with E-state index in [9.17, 15) is 0 Å². The molecule has 1 aliphatic heterocycles. The Bertz CT molecular complexity index is 644. The van der Waals surface area contributed by atoms with E-state index in [2.05, 4.69) is 65.6 Å². The zero-order valence-electron chi connectivity index (χ0n) is 13.3. The highest BCUT2D eigenvalue weighted by atomic mass is 16.5. The van der Waals surface area contributed by atoms with Crippen LogP contribution in [0, 0.1) is 0 Å². The molecule has 3 heteroatoms. The summed E-state index contributed by atoms with van der Waals surface area (Å²) in [7, 11) is 0. The number of hydrogen-bond donors (Lipinski definition) is 0. The number of morpholine rings is 1. The van der Waals surface area contributed by atoms with Crippen LogP contribution in [0.5, 0.6) is 0 Å². The van der Waals surface area contributed by atoms with Crippen molar-refractivity contribution in [2.45, 2.75) is 6.54 Å². The number of aliphatic imine (C=N–C) groups is 1. The van der Waals surface area contributed by atoms with E-state index in [0.717, 1.165) is 32.1 Å². The van der Waals surface area contributed by atoms with Crippen LogP contribution < -0.4 is 0 Å². The molecule has 0 N–H and O–H groups in total. The van der Waals surface area contributed by atoms with Gasteiger partial charge in [0.15, 0.2) is 0 Å². The maximum absolute atomic E-state index is 5.45. The molecular weight excluding hydrogens is 284 g/mol. The Kier molecular flexibility index (Phi) is 5.59. The molecule has 0 amide bonds. The largest absolute Gasteiger partial charge is 0.378 e. The molecule has 0 spiro atoms. The van der Waals surface area contributed by atoms with Crippen LogP contribution in [0.25, 0.3) is 6.08 Å². The topological polar surface area (TPSA) is 24.8 Å². The summed E-state index contributed by atoms with van der Waals surface area (Å²) in [5.74, 6) is 1.03. The Morgan fingerprint density at radius 3 is 2.30 bits per heavy atom. The summed E-state index contributed by atoms with van der Waals surface area (Å²) in [6.07, 6.45) is 4.24. The molecule has 3 rings (SSSR count). The first-order valence-electron chi connectivity index (χ1n) is 8.06. The van der Waals surface area contributed by atoms with Gasteiger partial charge < -0.3 is 9.64 Å². The van der Waals surface area contributed by atoms with Crippen LogP contribution in [0.15, 0.2) is 71.7 Å². The van der Waals surface area contributed by atoms with Crippen molar-refractivity contribution in [3.05, 3.63) is 77.9 Å². The van der Waals surface area contributed by atoms with Crippen molar-refractivity contribution in [2.24, 2.45) is 4.99 Å². The Balaban J connectivity index is 1.76. The fourth-order valence-electron chi connectivity index (χ4n) is 2.54. The number of hydrogen-bond acceptors (Lipinski definition) is 2. The molecule has 0 unspecified atom stereocenters. The highest BCUT2D eigenvalue weighted by Crippen LogP contribution is 2.07. The third-order valence-electron chi connectivity index (χ3n) is 3.83. The smallest absolute Gasteiger partial charge is 0.123 e. The van der Waals surface area contributed by atoms with E-state index in [4.69, 9.17) is 9.73 Å². The van der Waals surface area contributed by atoms with Gasteiger partial charge in [0.2, 0.25) is 0 Å². The molecule has 3 nitrogen and oxygen atoms in total. The first kappa shape index (κ1) is 15.5. The van der Waals surface area contributed by atoms with E-state index >= 15 is 0 Å². The molecule has 1 saturated heterocycles. The summed E-state index contributed by atoms with van der Waals surface area (Å²) >= 11 is 0. The first-order chi connectivity index (χ1) is 11.4. The van der Waals surface area contributed by atoms with Crippen LogP contribution in [-0.4, -0.2) is 37.0 Å². The van der Waals surface area contributed by atoms with Crippen LogP contribution in [-0.2, 0) is 11.3 Å². The Morgan fingerprint density at radius 2 is 1.61 bits per heavy atom. The molecule has 0 bridgehead atoms. The van der Waals surface area contributed by atoms with Crippen molar-refractivity contribution in [2.75, 3.05) is 26.3 Å². The summed E-state index contributed by atoms with van der Waals surface area (Å²) in [4.78, 5) is 7.13. The second kappa shape index (κ2) is 8.30. The number of nitrogens with zero attached hydrogens (tertiary/aromatic N) is 2. The summed E-state index contributed by atoms with van der Waals surface area (Å²) in [5.41, 5.74) is 2.42. The minimum atomic E-state index is 0.701. The molecule has 0 aromatic heterocycles. The van der Waals surface area contributed by atoms with Crippen molar-refractivity contribution < 1.29 is 4.74 Å². The molecule has 23 heavy (non-hydrogen) atoms. The van der Waals surface area contributed by atoms with E-state index in [0.29, 0.717) is 6.54 Å². The second-order valence-corrected chi connectivity index (χ2v) is 5.50. The van der Waals surface area contributed by atoms with Gasteiger partial charge in [-0.2, -0.15) is 0 Å². The lowest BCUT2D eigenvalue weighted by molar-refractivity contribution is 0.0683. The number of amidine groups is 1. The summed E-state index contributed by atoms with van der Waals surface area (Å²) in [6, 6.07) is 20.7. The zero-order valence-corrected chi connectivity index (χ0v) is 13.3. The van der Waals surface area contributed by atoms with Gasteiger partial charge in [0.05, 0.1) is 19.8 Å². The van der Waals surface area contributed by atoms with E-state index in [1.807, 2.05) is 12.1 Å². The van der Waals surface area contributed by atoms with Gasteiger partial charge in [-0.3, -0.25) is 4.99 Å². The molecular formula is C20H22N2O. The van der Waals surface area contributed by atoms with Gasteiger partial charge in [0, 0.05) is 13.1 Å². The van der Waals surface area contributed by atoms with E-state index in [1.165, 1.54) is 11.1 Å². The van der Waals surface area contributed by atoms with Crippen LogP contribution in [0.4, 0.5) is 0 Å². The quantitative estimate of drug-likeness (QED) is 0.636. The monoisotopic (exact) mass is 306 g/mol. The average Bonchev–Trinajstić information content (AvgIpc) is 2.64. The summed E-state index contributed by atoms with van der Waals surface area (Å²) in [5, 5.41) is 0. The molecule has 0 aliphatic carbocycles. The Hall–Kier alpha value is -2.39. The number of rotatable bonds is 4. The molecule has 1 fully saturated rings. The highest BCUT2D eigenvalue weighted by molar-refractivity contribution is 5.96. The van der Waals surface area contributed by atoms with Crippen molar-refractivity contribution in [3.8, 4) is 0 Å². The fraction of sp³-hybridized carbons (Fsp3) is 0.250. The van der Waals surface area contributed by atoms with Gasteiger partial charge in [-0.05, 0) is 17.2 Å². The minimum Gasteiger partial charge on any atom is -0.378 e. The maximum Gasteiger partial charge on any atom is 0.123 e. The molecule has 1 heterocycles. The van der Waals surface area contributed by atoms with Gasteiger partial charge in [-0.1, -0.05) is 66.7 Å². The lowest BCUT2D eigenvalue weighted by Crippen LogP contribution is -2.40. The third kappa shape index (κ3) is 4.80. The first-order valence-corrected chi connectivity index (χ1v) is 8.06. The van der Waals surface area contributed by atoms with Crippen molar-refractivity contribution in [1.29, 1.82) is 0 Å². The highest BCUT2D eigenvalue weighted by Gasteiger charge is 2.12. The maximum atomic E-state index is 5.45. The number of ether oxygens (including phenoxy) is 1. The lowest BCUT2D eigenvalue weighted by Gasteiger charge is -2.28. The van der Waals surface area contributed by atoms with Gasteiger partial charge >= 0.3 is 0 Å².